The van der Waals surface area contributed by atoms with E-state index in [2.05, 4.69) is 15.6 Å². The van der Waals surface area contributed by atoms with Crippen LogP contribution in [0.1, 0.15) is 26.4 Å². The van der Waals surface area contributed by atoms with Crippen molar-refractivity contribution >= 4 is 17.5 Å². The lowest BCUT2D eigenvalue weighted by molar-refractivity contribution is 0.0951. The minimum absolute atomic E-state index is 0.0498. The van der Waals surface area contributed by atoms with Crippen LogP contribution in [0.2, 0.25) is 0 Å². The summed E-state index contributed by atoms with van der Waals surface area (Å²) in [4.78, 5) is 28.5. The summed E-state index contributed by atoms with van der Waals surface area (Å²) in [5, 5.41) is 5.27. The van der Waals surface area contributed by atoms with Crippen LogP contribution in [0.25, 0.3) is 0 Å². The molecule has 0 saturated heterocycles. The maximum Gasteiger partial charge on any atom is 0.274 e. The molecular weight excluding hydrogens is 352 g/mol. The lowest BCUT2D eigenvalue weighted by Gasteiger charge is -2.08. The highest BCUT2D eigenvalue weighted by Gasteiger charge is 2.12. The molecule has 7 heteroatoms. The zero-order chi connectivity index (χ0) is 19.2. The standard InChI is InChI=1S/C20H15F2N3O2/c21-15-3-1-13(2-4-15)12-24-19(26)14-9-10-23-18(11-14)20(27)25-17-7-5-16(22)6-8-17/h1-11H,12H2,(H,24,26)(H,25,27). The highest BCUT2D eigenvalue weighted by molar-refractivity contribution is 6.04. The van der Waals surface area contributed by atoms with Crippen molar-refractivity contribution in [3.8, 4) is 0 Å². The minimum Gasteiger partial charge on any atom is -0.348 e. The van der Waals surface area contributed by atoms with Gasteiger partial charge in [0.25, 0.3) is 11.8 Å². The third kappa shape index (κ3) is 4.94. The summed E-state index contributed by atoms with van der Waals surface area (Å²) < 4.78 is 25.8. The van der Waals surface area contributed by atoms with Gasteiger partial charge in [-0.2, -0.15) is 0 Å². The first-order valence-corrected chi connectivity index (χ1v) is 8.07. The fourth-order valence-electron chi connectivity index (χ4n) is 2.31. The summed E-state index contributed by atoms with van der Waals surface area (Å²) in [6, 6.07) is 13.9. The van der Waals surface area contributed by atoms with Crippen LogP contribution in [-0.4, -0.2) is 16.8 Å². The maximum absolute atomic E-state index is 12.9. The molecule has 1 heterocycles. The monoisotopic (exact) mass is 367 g/mol. The van der Waals surface area contributed by atoms with E-state index in [1.54, 1.807) is 12.1 Å². The predicted molar refractivity (Wildman–Crippen MR) is 96.2 cm³/mol. The third-order valence-electron chi connectivity index (χ3n) is 3.72. The van der Waals surface area contributed by atoms with Crippen LogP contribution in [0, 0.1) is 11.6 Å². The van der Waals surface area contributed by atoms with E-state index in [9.17, 15) is 18.4 Å². The normalized spacial score (nSPS) is 10.3. The predicted octanol–water partition coefficient (Wildman–Crippen LogP) is 3.54. The van der Waals surface area contributed by atoms with Gasteiger partial charge in [0.05, 0.1) is 0 Å². The van der Waals surface area contributed by atoms with Crippen LogP contribution in [0.5, 0.6) is 0 Å². The summed E-state index contributed by atoms with van der Waals surface area (Å²) in [6.45, 7) is 0.221. The Morgan fingerprint density at radius 1 is 0.852 bits per heavy atom. The van der Waals surface area contributed by atoms with Gasteiger partial charge in [-0.25, -0.2) is 8.78 Å². The van der Waals surface area contributed by atoms with Gasteiger partial charge in [0, 0.05) is 24.0 Å². The summed E-state index contributed by atoms with van der Waals surface area (Å²) in [7, 11) is 0. The van der Waals surface area contributed by atoms with Gasteiger partial charge >= 0.3 is 0 Å². The van der Waals surface area contributed by atoms with E-state index in [-0.39, 0.29) is 23.6 Å². The molecule has 1 aromatic heterocycles. The van der Waals surface area contributed by atoms with Crippen LogP contribution in [0.15, 0.2) is 66.9 Å². The number of benzene rings is 2. The third-order valence-corrected chi connectivity index (χ3v) is 3.72. The van der Waals surface area contributed by atoms with Crippen molar-refractivity contribution in [3.63, 3.8) is 0 Å². The van der Waals surface area contributed by atoms with Crippen LogP contribution >= 0.6 is 0 Å². The van der Waals surface area contributed by atoms with Crippen molar-refractivity contribution in [1.82, 2.24) is 10.3 Å². The Kier molecular flexibility index (Phi) is 5.51. The molecular formula is C20H15F2N3O2. The summed E-state index contributed by atoms with van der Waals surface area (Å²) in [5.41, 5.74) is 1.47. The van der Waals surface area contributed by atoms with Gasteiger partial charge in [-0.05, 0) is 54.1 Å². The first kappa shape index (κ1) is 18.2. The van der Waals surface area contributed by atoms with E-state index >= 15 is 0 Å². The molecule has 5 nitrogen and oxygen atoms in total. The van der Waals surface area contributed by atoms with Gasteiger partial charge in [-0.15, -0.1) is 0 Å². The number of nitrogens with zero attached hydrogens (tertiary/aromatic N) is 1. The number of carbonyl (C=O) groups is 2. The molecule has 0 radical (unpaired) electrons. The summed E-state index contributed by atoms with van der Waals surface area (Å²) in [5.74, 6) is -1.67. The molecule has 27 heavy (non-hydrogen) atoms. The fourth-order valence-corrected chi connectivity index (χ4v) is 2.31. The average molecular weight is 367 g/mol. The Morgan fingerprint density at radius 2 is 1.48 bits per heavy atom. The second kappa shape index (κ2) is 8.18. The van der Waals surface area contributed by atoms with Crippen LogP contribution in [-0.2, 0) is 6.54 Å². The van der Waals surface area contributed by atoms with Gasteiger partial charge in [0.1, 0.15) is 17.3 Å². The van der Waals surface area contributed by atoms with Gasteiger partial charge in [0.15, 0.2) is 0 Å². The number of aromatic nitrogens is 1. The number of amides is 2. The molecule has 136 valence electrons. The Balaban J connectivity index is 1.65. The van der Waals surface area contributed by atoms with E-state index in [1.165, 1.54) is 54.7 Å². The zero-order valence-corrected chi connectivity index (χ0v) is 14.1. The van der Waals surface area contributed by atoms with Crippen molar-refractivity contribution in [2.24, 2.45) is 0 Å². The Morgan fingerprint density at radius 3 is 2.15 bits per heavy atom. The van der Waals surface area contributed by atoms with Crippen LogP contribution < -0.4 is 10.6 Å². The van der Waals surface area contributed by atoms with Crippen LogP contribution in [0.3, 0.4) is 0 Å². The zero-order valence-electron chi connectivity index (χ0n) is 14.1. The molecule has 0 fully saturated rings. The number of carbonyl (C=O) groups excluding carboxylic acids is 2. The number of anilines is 1. The number of halogens is 2. The molecule has 0 aliphatic rings. The van der Waals surface area contributed by atoms with E-state index < -0.39 is 17.6 Å². The minimum atomic E-state index is -0.519. The molecule has 3 aromatic rings. The van der Waals surface area contributed by atoms with Crippen molar-refractivity contribution in [3.05, 3.63) is 95.3 Å². The largest absolute Gasteiger partial charge is 0.348 e. The smallest absolute Gasteiger partial charge is 0.274 e. The molecule has 0 atom stereocenters. The molecule has 0 bridgehead atoms. The van der Waals surface area contributed by atoms with Gasteiger partial charge in [-0.3, -0.25) is 14.6 Å². The van der Waals surface area contributed by atoms with Gasteiger partial charge < -0.3 is 10.6 Å². The number of pyridine rings is 1. The first-order valence-electron chi connectivity index (χ1n) is 8.07. The number of rotatable bonds is 5. The molecule has 0 spiro atoms. The molecule has 3 rings (SSSR count). The van der Waals surface area contributed by atoms with Crippen molar-refractivity contribution in [2.45, 2.75) is 6.54 Å². The second-order valence-corrected chi connectivity index (χ2v) is 5.70. The van der Waals surface area contributed by atoms with Crippen molar-refractivity contribution < 1.29 is 18.4 Å². The van der Waals surface area contributed by atoms with E-state index in [0.717, 1.165) is 5.56 Å². The highest BCUT2D eigenvalue weighted by atomic mass is 19.1. The summed E-state index contributed by atoms with van der Waals surface area (Å²) in [6.07, 6.45) is 1.35. The van der Waals surface area contributed by atoms with Crippen molar-refractivity contribution in [1.29, 1.82) is 0 Å². The molecule has 0 aliphatic heterocycles. The van der Waals surface area contributed by atoms with Crippen molar-refractivity contribution in [2.75, 3.05) is 5.32 Å². The SMILES string of the molecule is O=C(NCc1ccc(F)cc1)c1ccnc(C(=O)Nc2ccc(F)cc2)c1. The number of hydrogen-bond donors (Lipinski definition) is 2. The fraction of sp³-hybridized carbons (Fsp3) is 0.0500. The quantitative estimate of drug-likeness (QED) is 0.725. The topological polar surface area (TPSA) is 71.1 Å². The second-order valence-electron chi connectivity index (χ2n) is 5.70. The van der Waals surface area contributed by atoms with Gasteiger partial charge in [-0.1, -0.05) is 12.1 Å². The Hall–Kier alpha value is -3.61. The average Bonchev–Trinajstić information content (AvgIpc) is 2.69. The number of hydrogen-bond acceptors (Lipinski definition) is 3. The van der Waals surface area contributed by atoms with Gasteiger partial charge in [0.2, 0.25) is 0 Å². The Bertz CT molecular complexity index is 958. The molecule has 0 saturated carbocycles. The lowest BCUT2D eigenvalue weighted by atomic mass is 10.2. The van der Waals surface area contributed by atoms with E-state index in [0.29, 0.717) is 5.69 Å². The number of nitrogens with one attached hydrogen (secondary N) is 2. The summed E-state index contributed by atoms with van der Waals surface area (Å²) >= 11 is 0. The molecule has 2 N–H and O–H groups in total. The first-order chi connectivity index (χ1) is 13.0. The van der Waals surface area contributed by atoms with Crippen LogP contribution in [0.4, 0.5) is 14.5 Å². The highest BCUT2D eigenvalue weighted by Crippen LogP contribution is 2.11. The molecule has 0 unspecified atom stereocenters. The molecule has 2 aromatic carbocycles. The molecule has 2 amide bonds. The molecule has 0 aliphatic carbocycles. The van der Waals surface area contributed by atoms with E-state index in [1.807, 2.05) is 0 Å². The lowest BCUT2D eigenvalue weighted by Crippen LogP contribution is -2.23. The maximum atomic E-state index is 12.9. The Labute approximate surface area is 154 Å². The van der Waals surface area contributed by atoms with E-state index in [4.69, 9.17) is 0 Å².